The molecule has 0 aromatic heterocycles. The van der Waals surface area contributed by atoms with E-state index in [2.05, 4.69) is 19.9 Å². The minimum absolute atomic E-state index is 0.242. The van der Waals surface area contributed by atoms with Gasteiger partial charge in [-0.2, -0.15) is 0 Å². The molecular weight excluding hydrogens is 260 g/mol. The van der Waals surface area contributed by atoms with E-state index in [0.717, 1.165) is 12.8 Å². The maximum absolute atomic E-state index is 11.7. The molecule has 21 heavy (non-hydrogen) atoms. The molecule has 0 heterocycles. The maximum Gasteiger partial charge on any atom is 0.338 e. The Morgan fingerprint density at radius 1 is 1.00 bits per heavy atom. The van der Waals surface area contributed by atoms with Crippen LogP contribution in [0.1, 0.15) is 75.2 Å². The smallest absolute Gasteiger partial charge is 0.338 e. The predicted octanol–water partition coefficient (Wildman–Crippen LogP) is 5.63. The molecule has 116 valence electrons. The number of allylic oxidation sites excluding steroid dienone is 2. The van der Waals surface area contributed by atoms with Crippen molar-refractivity contribution in [2.24, 2.45) is 0 Å². The van der Waals surface area contributed by atoms with Gasteiger partial charge in [0.1, 0.15) is 0 Å². The number of esters is 1. The van der Waals surface area contributed by atoms with Gasteiger partial charge >= 0.3 is 5.97 Å². The third-order valence-corrected chi connectivity index (χ3v) is 3.51. The molecule has 1 aromatic carbocycles. The Bertz CT molecular complexity index is 443. The van der Waals surface area contributed by atoms with Gasteiger partial charge in [-0.3, -0.25) is 0 Å². The Labute approximate surface area is 129 Å². The highest BCUT2D eigenvalue weighted by molar-refractivity contribution is 5.89. The van der Waals surface area contributed by atoms with Gasteiger partial charge in [0.2, 0.25) is 0 Å². The first-order chi connectivity index (χ1) is 10.2. The van der Waals surface area contributed by atoms with Crippen LogP contribution in [0, 0.1) is 0 Å². The topological polar surface area (TPSA) is 26.3 Å². The van der Waals surface area contributed by atoms with E-state index in [0.29, 0.717) is 12.2 Å². The molecule has 0 bridgehead atoms. The average molecular weight is 288 g/mol. The monoisotopic (exact) mass is 288 g/mol. The van der Waals surface area contributed by atoms with Crippen molar-refractivity contribution in [2.75, 3.05) is 6.61 Å². The Morgan fingerprint density at radius 2 is 1.62 bits per heavy atom. The van der Waals surface area contributed by atoms with Crippen molar-refractivity contribution in [1.29, 1.82) is 0 Å². The number of hydrogen-bond acceptors (Lipinski definition) is 2. The number of unbranched alkanes of at least 4 members (excludes halogenated alkanes) is 3. The summed E-state index contributed by atoms with van der Waals surface area (Å²) in [6, 6.07) is 7.82. The van der Waals surface area contributed by atoms with E-state index < -0.39 is 0 Å². The molecule has 0 spiro atoms. The van der Waals surface area contributed by atoms with Gasteiger partial charge in [-0.1, -0.05) is 51.3 Å². The van der Waals surface area contributed by atoms with Gasteiger partial charge in [0.15, 0.2) is 0 Å². The van der Waals surface area contributed by atoms with Crippen molar-refractivity contribution >= 4 is 11.5 Å². The van der Waals surface area contributed by atoms with Crippen LogP contribution >= 0.6 is 0 Å². The van der Waals surface area contributed by atoms with Crippen molar-refractivity contribution in [3.05, 3.63) is 41.5 Å². The van der Waals surface area contributed by atoms with Gasteiger partial charge in [0, 0.05) is 0 Å². The molecule has 0 fully saturated rings. The van der Waals surface area contributed by atoms with E-state index in [-0.39, 0.29) is 5.97 Å². The van der Waals surface area contributed by atoms with Gasteiger partial charge in [0.05, 0.1) is 12.2 Å². The van der Waals surface area contributed by atoms with Crippen molar-refractivity contribution in [3.63, 3.8) is 0 Å². The zero-order valence-corrected chi connectivity index (χ0v) is 13.7. The first kappa shape index (κ1) is 17.5. The van der Waals surface area contributed by atoms with E-state index in [1.165, 1.54) is 36.8 Å². The lowest BCUT2D eigenvalue weighted by molar-refractivity contribution is 0.0526. The molecule has 0 saturated carbocycles. The molecule has 2 heteroatoms. The standard InChI is InChI=1S/C19H28O2/c1-4-7-9-11-16(10-8-5-2)17-12-14-18(15-13-17)19(20)21-6-3/h11-15H,4-10H2,1-3H3/b16-11+. The molecule has 1 rings (SSSR count). The highest BCUT2D eigenvalue weighted by atomic mass is 16.5. The molecule has 0 aliphatic rings. The second kappa shape index (κ2) is 10.2. The molecule has 0 saturated heterocycles. The minimum Gasteiger partial charge on any atom is -0.462 e. The van der Waals surface area contributed by atoms with E-state index >= 15 is 0 Å². The number of carbonyl (C=O) groups excluding carboxylic acids is 1. The summed E-state index contributed by atoms with van der Waals surface area (Å²) in [6.45, 7) is 6.67. The third-order valence-electron chi connectivity index (χ3n) is 3.51. The van der Waals surface area contributed by atoms with Crippen molar-refractivity contribution in [1.82, 2.24) is 0 Å². The summed E-state index contributed by atoms with van der Waals surface area (Å²) in [5, 5.41) is 0. The summed E-state index contributed by atoms with van der Waals surface area (Å²) >= 11 is 0. The molecule has 0 aliphatic carbocycles. The Balaban J connectivity index is 2.82. The van der Waals surface area contributed by atoms with Crippen LogP contribution in [0.5, 0.6) is 0 Å². The third kappa shape index (κ3) is 6.16. The summed E-state index contributed by atoms with van der Waals surface area (Å²) in [6.07, 6.45) is 9.46. The van der Waals surface area contributed by atoms with Crippen LogP contribution in [-0.4, -0.2) is 12.6 Å². The van der Waals surface area contributed by atoms with Crippen LogP contribution < -0.4 is 0 Å². The van der Waals surface area contributed by atoms with E-state index in [9.17, 15) is 4.79 Å². The molecular formula is C19H28O2. The van der Waals surface area contributed by atoms with Crippen molar-refractivity contribution < 1.29 is 9.53 Å². The molecule has 0 amide bonds. The van der Waals surface area contributed by atoms with Crippen LogP contribution in [0.3, 0.4) is 0 Å². The largest absolute Gasteiger partial charge is 0.462 e. The van der Waals surface area contributed by atoms with Crippen LogP contribution in [0.2, 0.25) is 0 Å². The second-order valence-electron chi connectivity index (χ2n) is 5.27. The molecule has 2 nitrogen and oxygen atoms in total. The Morgan fingerprint density at radius 3 is 2.19 bits per heavy atom. The summed E-state index contributed by atoms with van der Waals surface area (Å²) in [5.41, 5.74) is 3.26. The van der Waals surface area contributed by atoms with Gasteiger partial charge in [0.25, 0.3) is 0 Å². The SMILES string of the molecule is CCCC/C=C(\CCCC)c1ccc(C(=O)OCC)cc1. The second-order valence-corrected chi connectivity index (χ2v) is 5.27. The van der Waals surface area contributed by atoms with Gasteiger partial charge in [-0.25, -0.2) is 4.79 Å². The number of benzene rings is 1. The quantitative estimate of drug-likeness (QED) is 0.435. The lowest BCUT2D eigenvalue weighted by Gasteiger charge is -2.09. The van der Waals surface area contributed by atoms with E-state index in [1.54, 1.807) is 0 Å². The number of carbonyl (C=O) groups is 1. The first-order valence-corrected chi connectivity index (χ1v) is 8.19. The fraction of sp³-hybridized carbons (Fsp3) is 0.526. The van der Waals surface area contributed by atoms with Gasteiger partial charge in [-0.05, 0) is 49.5 Å². The molecule has 1 aromatic rings. The predicted molar refractivity (Wildman–Crippen MR) is 89.4 cm³/mol. The summed E-state index contributed by atoms with van der Waals surface area (Å²) in [4.78, 5) is 11.7. The first-order valence-electron chi connectivity index (χ1n) is 8.19. The Hall–Kier alpha value is -1.57. The molecule has 0 unspecified atom stereocenters. The zero-order valence-electron chi connectivity index (χ0n) is 13.7. The zero-order chi connectivity index (χ0) is 15.5. The van der Waals surface area contributed by atoms with Crippen LogP contribution in [0.25, 0.3) is 5.57 Å². The fourth-order valence-corrected chi connectivity index (χ4v) is 2.25. The lowest BCUT2D eigenvalue weighted by atomic mass is 9.97. The number of rotatable bonds is 9. The lowest BCUT2D eigenvalue weighted by Crippen LogP contribution is -2.04. The molecule has 0 aliphatic heterocycles. The molecule has 0 radical (unpaired) electrons. The van der Waals surface area contributed by atoms with Crippen LogP contribution in [0.4, 0.5) is 0 Å². The Kier molecular flexibility index (Phi) is 8.49. The number of hydrogen-bond donors (Lipinski definition) is 0. The minimum atomic E-state index is -0.242. The normalized spacial score (nSPS) is 11.5. The summed E-state index contributed by atoms with van der Waals surface area (Å²) in [5.74, 6) is -0.242. The van der Waals surface area contributed by atoms with Crippen LogP contribution in [-0.2, 0) is 4.74 Å². The van der Waals surface area contributed by atoms with E-state index in [4.69, 9.17) is 4.74 Å². The van der Waals surface area contributed by atoms with Crippen LogP contribution in [0.15, 0.2) is 30.3 Å². The highest BCUT2D eigenvalue weighted by Gasteiger charge is 2.07. The highest BCUT2D eigenvalue weighted by Crippen LogP contribution is 2.23. The van der Waals surface area contributed by atoms with Crippen molar-refractivity contribution in [3.8, 4) is 0 Å². The van der Waals surface area contributed by atoms with E-state index in [1.807, 2.05) is 31.2 Å². The molecule has 0 N–H and O–H groups in total. The average Bonchev–Trinajstić information content (AvgIpc) is 2.51. The summed E-state index contributed by atoms with van der Waals surface area (Å²) in [7, 11) is 0. The molecule has 0 atom stereocenters. The number of ether oxygens (including phenoxy) is 1. The van der Waals surface area contributed by atoms with Crippen molar-refractivity contribution in [2.45, 2.75) is 59.3 Å². The maximum atomic E-state index is 11.7. The van der Waals surface area contributed by atoms with Gasteiger partial charge < -0.3 is 4.74 Å². The summed E-state index contributed by atoms with van der Waals surface area (Å²) < 4.78 is 5.02. The van der Waals surface area contributed by atoms with Gasteiger partial charge in [-0.15, -0.1) is 0 Å². The fourth-order valence-electron chi connectivity index (χ4n) is 2.25.